The van der Waals surface area contributed by atoms with Crippen molar-refractivity contribution in [2.24, 2.45) is 56.5 Å². The molecule has 9 nitrogen and oxygen atoms in total. The number of amides is 1. The molecule has 5 fully saturated rings. The van der Waals surface area contributed by atoms with Crippen LogP contribution in [0.15, 0.2) is 11.1 Å². The number of Topliss-reactive ketones (excluding diaryl/α,β-unsaturated/α-hetero) is 1. The maximum Gasteiger partial charge on any atom is 0.407 e. The number of ether oxygens (including phenoxy) is 2. The molecule has 1 amide bonds. The fourth-order valence-corrected chi connectivity index (χ4v) is 12.3. The van der Waals surface area contributed by atoms with Gasteiger partial charge >= 0.3 is 18.0 Å². The molecule has 0 aromatic rings. The molecular weight excluding hydrogens is 620 g/mol. The lowest BCUT2D eigenvalue weighted by Crippen LogP contribution is -2.67. The Morgan fingerprint density at radius 1 is 0.918 bits per heavy atom. The Hall–Kier alpha value is -2.42. The summed E-state index contributed by atoms with van der Waals surface area (Å²) >= 11 is 0. The fourth-order valence-electron chi connectivity index (χ4n) is 12.3. The average molecular weight is 683 g/mol. The van der Waals surface area contributed by atoms with Crippen molar-refractivity contribution >= 4 is 23.8 Å². The predicted octanol–water partition coefficient (Wildman–Crippen LogP) is 7.35. The van der Waals surface area contributed by atoms with Gasteiger partial charge in [0.1, 0.15) is 12.7 Å². The number of carbonyl (C=O) groups is 4. The van der Waals surface area contributed by atoms with Crippen LogP contribution < -0.4 is 11.1 Å². The normalized spacial score (nSPS) is 40.4. The molecule has 0 aromatic carbocycles. The highest BCUT2D eigenvalue weighted by Crippen LogP contribution is 2.76. The van der Waals surface area contributed by atoms with E-state index in [9.17, 15) is 24.3 Å². The van der Waals surface area contributed by atoms with Crippen LogP contribution in [0.4, 0.5) is 4.79 Å². The third kappa shape index (κ3) is 5.58. The first-order valence-electron chi connectivity index (χ1n) is 19.0. The predicted molar refractivity (Wildman–Crippen MR) is 186 cm³/mol. The minimum Gasteiger partial charge on any atom is -0.481 e. The van der Waals surface area contributed by atoms with Crippen LogP contribution >= 0.6 is 0 Å². The molecule has 0 radical (unpaired) electrons. The standard InChI is InChI=1S/C40H62N2O7/c1-23(2)30-25(43)20-40(42-33(47)48-22-39(41)17-18-39)19-16-37(8)24(31(30)40)10-11-27-36(7)14-13-28(49-29(44)21-34(3,4)32(45)46)35(5,6)26(36)12-15-38(27,37)9/h23-24,26-28H,10-22,41H2,1-9H3,(H,42,47)(H,45,46)/t24?,26?,27?,28-,36-,37+,38+,40+/m0/s1. The van der Waals surface area contributed by atoms with Crippen LogP contribution in [0.5, 0.6) is 0 Å². The van der Waals surface area contributed by atoms with E-state index in [1.165, 1.54) is 5.57 Å². The van der Waals surface area contributed by atoms with Crippen LogP contribution in [-0.2, 0) is 23.9 Å². The van der Waals surface area contributed by atoms with Gasteiger partial charge in [0.15, 0.2) is 5.78 Å². The lowest BCUT2D eigenvalue weighted by molar-refractivity contribution is -0.232. The van der Waals surface area contributed by atoms with Gasteiger partial charge in [0.2, 0.25) is 0 Å². The summed E-state index contributed by atoms with van der Waals surface area (Å²) in [6, 6.07) is 0. The van der Waals surface area contributed by atoms with Crippen LogP contribution in [0.3, 0.4) is 0 Å². The molecule has 6 rings (SSSR count). The molecule has 0 heterocycles. The lowest BCUT2D eigenvalue weighted by atomic mass is 9.33. The van der Waals surface area contributed by atoms with E-state index in [2.05, 4.69) is 53.8 Å². The third-order valence-corrected chi connectivity index (χ3v) is 15.5. The van der Waals surface area contributed by atoms with E-state index in [0.717, 1.165) is 69.8 Å². The van der Waals surface area contributed by atoms with Gasteiger partial charge in [-0.3, -0.25) is 14.4 Å². The lowest BCUT2D eigenvalue weighted by Gasteiger charge is -2.72. The van der Waals surface area contributed by atoms with E-state index >= 15 is 0 Å². The quantitative estimate of drug-likeness (QED) is 0.225. The van der Waals surface area contributed by atoms with E-state index in [-0.39, 0.29) is 58.4 Å². The second kappa shape index (κ2) is 11.5. The Kier molecular flexibility index (Phi) is 8.57. The zero-order valence-electron chi connectivity index (χ0n) is 31.6. The first-order valence-corrected chi connectivity index (χ1v) is 19.0. The third-order valence-electron chi connectivity index (χ3n) is 15.5. The number of alkyl carbamates (subject to hydrolysis) is 1. The molecular formula is C40H62N2O7. The number of carboxylic acid groups (broad SMARTS) is 1. The molecule has 8 atom stereocenters. The van der Waals surface area contributed by atoms with Gasteiger partial charge in [-0.1, -0.05) is 48.5 Å². The number of rotatable bonds is 8. The number of aliphatic carboxylic acids is 1. The zero-order valence-corrected chi connectivity index (χ0v) is 31.6. The molecule has 274 valence electrons. The molecule has 9 heteroatoms. The summed E-state index contributed by atoms with van der Waals surface area (Å²) in [4.78, 5) is 51.9. The highest BCUT2D eigenvalue weighted by molar-refractivity contribution is 6.02. The SMILES string of the molecule is CC(C)C1=C2C3CCC4[C@@]5(C)CC[C@H](OC(=O)CC(C)(C)C(=O)O)C(C)(C)C5CC[C@@]4(C)[C@]3(C)CC[C@@]2(NC(=O)OCC2(N)CC2)CC1=O. The summed E-state index contributed by atoms with van der Waals surface area (Å²) in [5.41, 5.74) is 5.82. The monoisotopic (exact) mass is 682 g/mol. The maximum absolute atomic E-state index is 13.8. The molecule has 6 aliphatic rings. The average Bonchev–Trinajstić information content (AvgIpc) is 3.64. The number of fused-ring (bicyclic) bond motifs is 7. The van der Waals surface area contributed by atoms with E-state index in [1.807, 2.05) is 0 Å². The summed E-state index contributed by atoms with van der Waals surface area (Å²) < 4.78 is 11.8. The Morgan fingerprint density at radius 3 is 2.20 bits per heavy atom. The van der Waals surface area contributed by atoms with Gasteiger partial charge in [-0.05, 0) is 129 Å². The number of allylic oxidation sites excluding steroid dienone is 1. The second-order valence-corrected chi connectivity index (χ2v) is 19.5. The van der Waals surface area contributed by atoms with Crippen molar-refractivity contribution in [1.29, 1.82) is 0 Å². The highest BCUT2D eigenvalue weighted by atomic mass is 16.6. The van der Waals surface area contributed by atoms with Crippen molar-refractivity contribution in [1.82, 2.24) is 5.32 Å². The van der Waals surface area contributed by atoms with Crippen LogP contribution in [0.25, 0.3) is 0 Å². The van der Waals surface area contributed by atoms with Crippen molar-refractivity contribution in [3.8, 4) is 0 Å². The number of esters is 1. The van der Waals surface area contributed by atoms with E-state index in [1.54, 1.807) is 13.8 Å². The molecule has 4 N–H and O–H groups in total. The van der Waals surface area contributed by atoms with Crippen LogP contribution in [0, 0.1) is 50.7 Å². The summed E-state index contributed by atoms with van der Waals surface area (Å²) in [5, 5.41) is 12.9. The zero-order chi connectivity index (χ0) is 36.2. The van der Waals surface area contributed by atoms with Gasteiger partial charge in [-0.25, -0.2) is 4.79 Å². The second-order valence-electron chi connectivity index (χ2n) is 19.5. The molecule has 0 aromatic heterocycles. The van der Waals surface area contributed by atoms with E-state index in [4.69, 9.17) is 15.2 Å². The summed E-state index contributed by atoms with van der Waals surface area (Å²) in [7, 11) is 0. The number of hydrogen-bond donors (Lipinski definition) is 3. The molecule has 3 unspecified atom stereocenters. The molecule has 0 saturated heterocycles. The van der Waals surface area contributed by atoms with E-state index in [0.29, 0.717) is 18.3 Å². The summed E-state index contributed by atoms with van der Waals surface area (Å²) in [6.45, 7) is 19.6. The largest absolute Gasteiger partial charge is 0.481 e. The summed E-state index contributed by atoms with van der Waals surface area (Å²) in [5.74, 6) is -0.180. The topological polar surface area (TPSA) is 145 Å². The smallest absolute Gasteiger partial charge is 0.407 e. The number of hydrogen-bond acceptors (Lipinski definition) is 7. The van der Waals surface area contributed by atoms with Crippen LogP contribution in [-0.4, -0.2) is 52.7 Å². The number of ketones is 1. The molecule has 0 aliphatic heterocycles. The maximum atomic E-state index is 13.8. The fraction of sp³-hybridized carbons (Fsp3) is 0.850. The minimum atomic E-state index is -1.17. The van der Waals surface area contributed by atoms with Crippen molar-refractivity contribution in [2.45, 2.75) is 157 Å². The van der Waals surface area contributed by atoms with Gasteiger partial charge in [-0.15, -0.1) is 0 Å². The van der Waals surface area contributed by atoms with Crippen molar-refractivity contribution in [3.05, 3.63) is 11.1 Å². The molecule has 0 spiro atoms. The minimum absolute atomic E-state index is 0.0254. The number of carboxylic acids is 1. The Bertz CT molecular complexity index is 1460. The van der Waals surface area contributed by atoms with E-state index < -0.39 is 34.5 Å². The summed E-state index contributed by atoms with van der Waals surface area (Å²) in [6.07, 6.45) is 8.66. The molecule has 5 saturated carbocycles. The Labute approximate surface area is 293 Å². The van der Waals surface area contributed by atoms with Crippen molar-refractivity contribution in [3.63, 3.8) is 0 Å². The number of nitrogens with one attached hydrogen (secondary N) is 1. The van der Waals surface area contributed by atoms with Crippen LogP contribution in [0.2, 0.25) is 0 Å². The Morgan fingerprint density at radius 2 is 1.59 bits per heavy atom. The van der Waals surface area contributed by atoms with Gasteiger partial charge in [0.05, 0.1) is 22.9 Å². The van der Waals surface area contributed by atoms with Crippen molar-refractivity contribution < 1.29 is 33.8 Å². The molecule has 0 bridgehead atoms. The Balaban J connectivity index is 1.27. The van der Waals surface area contributed by atoms with Crippen LogP contribution in [0.1, 0.15) is 139 Å². The van der Waals surface area contributed by atoms with Gasteiger partial charge in [0.25, 0.3) is 0 Å². The highest BCUT2D eigenvalue weighted by Gasteiger charge is 2.70. The first kappa shape index (κ1) is 36.4. The van der Waals surface area contributed by atoms with Gasteiger partial charge in [0, 0.05) is 11.8 Å². The number of carbonyl (C=O) groups excluding carboxylic acids is 3. The van der Waals surface area contributed by atoms with Gasteiger partial charge < -0.3 is 25.6 Å². The van der Waals surface area contributed by atoms with Gasteiger partial charge in [-0.2, -0.15) is 0 Å². The first-order chi connectivity index (χ1) is 22.6. The molecule has 6 aliphatic carbocycles. The number of nitrogens with two attached hydrogens (primary N) is 1. The molecule has 49 heavy (non-hydrogen) atoms. The van der Waals surface area contributed by atoms with Crippen molar-refractivity contribution in [2.75, 3.05) is 6.61 Å².